The summed E-state index contributed by atoms with van der Waals surface area (Å²) >= 11 is 0. The van der Waals surface area contributed by atoms with Gasteiger partial charge in [-0.1, -0.05) is 24.3 Å². The van der Waals surface area contributed by atoms with E-state index in [1.807, 2.05) is 37.3 Å². The average molecular weight is 413 g/mol. The fourth-order valence-corrected chi connectivity index (χ4v) is 3.63. The third kappa shape index (κ3) is 6.47. The van der Waals surface area contributed by atoms with Gasteiger partial charge in [0.05, 0.1) is 13.2 Å². The van der Waals surface area contributed by atoms with Crippen LogP contribution >= 0.6 is 0 Å². The van der Waals surface area contributed by atoms with Gasteiger partial charge < -0.3 is 19.5 Å². The number of benzene rings is 2. The molecule has 3 rings (SSSR count). The second-order valence-corrected chi connectivity index (χ2v) is 7.41. The Balaban J connectivity index is 1.49. The van der Waals surface area contributed by atoms with Gasteiger partial charge in [0.25, 0.3) is 5.91 Å². The molecule has 0 aromatic heterocycles. The van der Waals surface area contributed by atoms with Crippen LogP contribution in [0.25, 0.3) is 0 Å². The Morgan fingerprint density at radius 1 is 1.13 bits per heavy atom. The molecule has 1 saturated heterocycles. The van der Waals surface area contributed by atoms with Crippen LogP contribution in [0.3, 0.4) is 0 Å². The third-order valence-corrected chi connectivity index (χ3v) is 5.19. The molecule has 0 unspecified atom stereocenters. The molecule has 1 aliphatic rings. The first-order chi connectivity index (χ1) is 14.7. The molecule has 6 heteroatoms. The number of methoxy groups -OCH3 is 1. The van der Waals surface area contributed by atoms with Crippen LogP contribution in [0.4, 0.5) is 0 Å². The minimum Gasteiger partial charge on any atom is -0.494 e. The van der Waals surface area contributed by atoms with E-state index in [1.165, 1.54) is 5.56 Å². The molecule has 2 aromatic carbocycles. The zero-order valence-electron chi connectivity index (χ0n) is 17.9. The Kier molecular flexibility index (Phi) is 8.53. The Hall–Kier alpha value is -2.57. The lowest BCUT2D eigenvalue weighted by atomic mass is 10.1. The highest BCUT2D eigenvalue weighted by atomic mass is 16.5. The van der Waals surface area contributed by atoms with E-state index in [4.69, 9.17) is 14.2 Å². The minimum absolute atomic E-state index is 0.111. The van der Waals surface area contributed by atoms with Gasteiger partial charge in [-0.3, -0.25) is 9.69 Å². The molecule has 1 N–H and O–H groups in total. The predicted molar refractivity (Wildman–Crippen MR) is 117 cm³/mol. The molecule has 0 radical (unpaired) electrons. The Labute approximate surface area is 179 Å². The second kappa shape index (κ2) is 11.6. The van der Waals surface area contributed by atoms with Crippen LogP contribution in [-0.4, -0.2) is 56.9 Å². The van der Waals surface area contributed by atoms with E-state index in [2.05, 4.69) is 22.3 Å². The molecule has 30 heavy (non-hydrogen) atoms. The van der Waals surface area contributed by atoms with Crippen molar-refractivity contribution in [3.05, 3.63) is 59.7 Å². The van der Waals surface area contributed by atoms with Gasteiger partial charge in [0.15, 0.2) is 0 Å². The monoisotopic (exact) mass is 412 g/mol. The SMILES string of the molecule is CCOc1ccccc1CN1CCC(Oc2cccc(C(=O)NCCOC)c2)CC1. The first kappa shape index (κ1) is 22.1. The van der Waals surface area contributed by atoms with Crippen molar-refractivity contribution in [2.45, 2.75) is 32.4 Å². The molecule has 0 bridgehead atoms. The highest BCUT2D eigenvalue weighted by Gasteiger charge is 2.21. The van der Waals surface area contributed by atoms with Crippen LogP contribution in [-0.2, 0) is 11.3 Å². The third-order valence-electron chi connectivity index (χ3n) is 5.19. The lowest BCUT2D eigenvalue weighted by Gasteiger charge is -2.32. The van der Waals surface area contributed by atoms with Gasteiger partial charge in [0.2, 0.25) is 0 Å². The van der Waals surface area contributed by atoms with Gasteiger partial charge in [0, 0.05) is 44.4 Å². The quantitative estimate of drug-likeness (QED) is 0.605. The van der Waals surface area contributed by atoms with Crippen LogP contribution in [0.15, 0.2) is 48.5 Å². The van der Waals surface area contributed by atoms with Crippen molar-refractivity contribution in [3.8, 4) is 11.5 Å². The van der Waals surface area contributed by atoms with Crippen molar-refractivity contribution in [1.82, 2.24) is 10.2 Å². The summed E-state index contributed by atoms with van der Waals surface area (Å²) in [7, 11) is 1.61. The molecule has 0 aliphatic carbocycles. The zero-order chi connectivity index (χ0) is 21.2. The lowest BCUT2D eigenvalue weighted by molar-refractivity contribution is 0.0923. The molecule has 0 atom stereocenters. The molecule has 1 fully saturated rings. The molecule has 2 aromatic rings. The Morgan fingerprint density at radius 2 is 1.93 bits per heavy atom. The van der Waals surface area contributed by atoms with Crippen molar-refractivity contribution < 1.29 is 19.0 Å². The number of nitrogens with zero attached hydrogens (tertiary/aromatic N) is 1. The number of piperidine rings is 1. The van der Waals surface area contributed by atoms with E-state index in [1.54, 1.807) is 13.2 Å². The van der Waals surface area contributed by atoms with Crippen molar-refractivity contribution in [2.75, 3.05) is 40.0 Å². The number of ether oxygens (including phenoxy) is 3. The van der Waals surface area contributed by atoms with Crippen molar-refractivity contribution >= 4 is 5.91 Å². The summed E-state index contributed by atoms with van der Waals surface area (Å²) in [5.74, 6) is 1.61. The maximum atomic E-state index is 12.2. The van der Waals surface area contributed by atoms with E-state index in [0.29, 0.717) is 25.3 Å². The number of rotatable bonds is 10. The number of hydrogen-bond acceptors (Lipinski definition) is 5. The molecule has 1 aliphatic heterocycles. The number of amides is 1. The number of para-hydroxylation sites is 1. The average Bonchev–Trinajstić information content (AvgIpc) is 2.77. The summed E-state index contributed by atoms with van der Waals surface area (Å²) in [5, 5.41) is 2.84. The Bertz CT molecular complexity index is 803. The van der Waals surface area contributed by atoms with Crippen molar-refractivity contribution in [1.29, 1.82) is 0 Å². The van der Waals surface area contributed by atoms with Crippen molar-refractivity contribution in [2.24, 2.45) is 0 Å². The molecule has 162 valence electrons. The minimum atomic E-state index is -0.111. The lowest BCUT2D eigenvalue weighted by Crippen LogP contribution is -2.37. The molecule has 1 heterocycles. The maximum Gasteiger partial charge on any atom is 0.251 e. The molecule has 0 spiro atoms. The standard InChI is InChI=1S/C24H32N2O4/c1-3-29-23-10-5-4-7-20(23)18-26-14-11-21(12-15-26)30-22-9-6-8-19(17-22)24(27)25-13-16-28-2/h4-10,17,21H,3,11-16,18H2,1-2H3,(H,25,27). The molecule has 1 amide bonds. The van der Waals surface area contributed by atoms with E-state index < -0.39 is 0 Å². The number of nitrogens with one attached hydrogen (secondary N) is 1. The summed E-state index contributed by atoms with van der Waals surface area (Å²) in [5.41, 5.74) is 1.83. The van der Waals surface area contributed by atoms with Crippen LogP contribution < -0.4 is 14.8 Å². The van der Waals surface area contributed by atoms with Crippen LogP contribution in [0, 0.1) is 0 Å². The highest BCUT2D eigenvalue weighted by molar-refractivity contribution is 5.94. The Morgan fingerprint density at radius 3 is 2.70 bits per heavy atom. The molecule has 0 saturated carbocycles. The fourth-order valence-electron chi connectivity index (χ4n) is 3.63. The van der Waals surface area contributed by atoms with Gasteiger partial charge in [-0.15, -0.1) is 0 Å². The molecular weight excluding hydrogens is 380 g/mol. The van der Waals surface area contributed by atoms with Gasteiger partial charge in [-0.05, 0) is 44.0 Å². The van der Waals surface area contributed by atoms with Gasteiger partial charge >= 0.3 is 0 Å². The van der Waals surface area contributed by atoms with Gasteiger partial charge in [-0.25, -0.2) is 0 Å². The summed E-state index contributed by atoms with van der Waals surface area (Å²) in [4.78, 5) is 14.7. The van der Waals surface area contributed by atoms with E-state index in [9.17, 15) is 4.79 Å². The number of carbonyl (C=O) groups excluding carboxylic acids is 1. The number of hydrogen-bond donors (Lipinski definition) is 1. The van der Waals surface area contributed by atoms with Crippen LogP contribution in [0.1, 0.15) is 35.7 Å². The zero-order valence-corrected chi connectivity index (χ0v) is 17.9. The maximum absolute atomic E-state index is 12.2. The van der Waals surface area contributed by atoms with Gasteiger partial charge in [-0.2, -0.15) is 0 Å². The summed E-state index contributed by atoms with van der Waals surface area (Å²) < 4.78 is 16.9. The number of likely N-dealkylation sites (tertiary alicyclic amines) is 1. The number of carbonyl (C=O) groups is 1. The first-order valence-electron chi connectivity index (χ1n) is 10.7. The van der Waals surface area contributed by atoms with Crippen LogP contribution in [0.5, 0.6) is 11.5 Å². The largest absolute Gasteiger partial charge is 0.494 e. The fraction of sp³-hybridized carbons (Fsp3) is 0.458. The van der Waals surface area contributed by atoms with E-state index in [0.717, 1.165) is 44.0 Å². The molecule has 6 nitrogen and oxygen atoms in total. The van der Waals surface area contributed by atoms with E-state index in [-0.39, 0.29) is 12.0 Å². The smallest absolute Gasteiger partial charge is 0.251 e. The summed E-state index contributed by atoms with van der Waals surface area (Å²) in [6.45, 7) is 6.51. The normalized spacial score (nSPS) is 15.0. The second-order valence-electron chi connectivity index (χ2n) is 7.41. The summed E-state index contributed by atoms with van der Waals surface area (Å²) in [6, 6.07) is 15.6. The van der Waals surface area contributed by atoms with E-state index >= 15 is 0 Å². The molecular formula is C24H32N2O4. The van der Waals surface area contributed by atoms with Gasteiger partial charge in [0.1, 0.15) is 17.6 Å². The summed E-state index contributed by atoms with van der Waals surface area (Å²) in [6.07, 6.45) is 2.08. The van der Waals surface area contributed by atoms with Crippen LogP contribution in [0.2, 0.25) is 0 Å². The predicted octanol–water partition coefficient (Wildman–Crippen LogP) is 3.50. The topological polar surface area (TPSA) is 60.0 Å². The van der Waals surface area contributed by atoms with Crippen molar-refractivity contribution in [3.63, 3.8) is 0 Å². The highest BCUT2D eigenvalue weighted by Crippen LogP contribution is 2.24. The first-order valence-corrected chi connectivity index (χ1v) is 10.7.